The van der Waals surface area contributed by atoms with Gasteiger partial charge in [-0.15, -0.1) is 0 Å². The van der Waals surface area contributed by atoms with Crippen LogP contribution in [0.3, 0.4) is 0 Å². The van der Waals surface area contributed by atoms with Gasteiger partial charge in [0.1, 0.15) is 11.5 Å². The summed E-state index contributed by atoms with van der Waals surface area (Å²) in [5.74, 6) is 2.56. The summed E-state index contributed by atoms with van der Waals surface area (Å²) in [4.78, 5) is 0. The maximum absolute atomic E-state index is 6.01. The molecule has 190 valence electrons. The maximum Gasteiger partial charge on any atom is 0.119 e. The Hall–Kier alpha value is -1.96. The third-order valence-electron chi connectivity index (χ3n) is 6.83. The highest BCUT2D eigenvalue weighted by Gasteiger charge is 2.30. The number of hydrogen-bond donors (Lipinski definition) is 0. The van der Waals surface area contributed by atoms with Crippen LogP contribution in [0.2, 0.25) is 0 Å². The maximum atomic E-state index is 6.01. The minimum Gasteiger partial charge on any atom is -0.494 e. The molecule has 0 aliphatic heterocycles. The lowest BCUT2D eigenvalue weighted by molar-refractivity contribution is 0.304. The van der Waals surface area contributed by atoms with E-state index in [1.54, 1.807) is 0 Å². The highest BCUT2D eigenvalue weighted by Crippen LogP contribution is 2.39. The van der Waals surface area contributed by atoms with E-state index in [9.17, 15) is 0 Å². The predicted molar refractivity (Wildman–Crippen MR) is 147 cm³/mol. The molecule has 0 unspecified atom stereocenters. The summed E-state index contributed by atoms with van der Waals surface area (Å²) in [7, 11) is 0. The zero-order valence-corrected chi connectivity index (χ0v) is 22.7. The van der Waals surface area contributed by atoms with Crippen molar-refractivity contribution in [2.24, 2.45) is 5.92 Å². The van der Waals surface area contributed by atoms with Crippen molar-refractivity contribution in [3.05, 3.63) is 59.7 Å². The molecular weight excluding hydrogens is 416 g/mol. The van der Waals surface area contributed by atoms with Gasteiger partial charge in [0, 0.05) is 5.41 Å². The van der Waals surface area contributed by atoms with Crippen LogP contribution in [0, 0.1) is 5.92 Å². The van der Waals surface area contributed by atoms with Crippen molar-refractivity contribution in [2.45, 2.75) is 111 Å². The Kier molecular flexibility index (Phi) is 13.2. The van der Waals surface area contributed by atoms with Crippen LogP contribution < -0.4 is 9.47 Å². The Labute approximate surface area is 210 Å². The van der Waals surface area contributed by atoms with Crippen LogP contribution >= 0.6 is 0 Å². The monoisotopic (exact) mass is 466 g/mol. The largest absolute Gasteiger partial charge is 0.494 e. The molecule has 34 heavy (non-hydrogen) atoms. The lowest BCUT2D eigenvalue weighted by Gasteiger charge is -2.33. The van der Waals surface area contributed by atoms with E-state index in [4.69, 9.17) is 9.47 Å². The van der Waals surface area contributed by atoms with Crippen molar-refractivity contribution in [3.63, 3.8) is 0 Å². The summed E-state index contributed by atoms with van der Waals surface area (Å²) >= 11 is 0. The van der Waals surface area contributed by atoms with Crippen molar-refractivity contribution in [2.75, 3.05) is 13.2 Å². The van der Waals surface area contributed by atoms with Crippen molar-refractivity contribution in [3.8, 4) is 11.5 Å². The quantitative estimate of drug-likeness (QED) is 0.203. The van der Waals surface area contributed by atoms with E-state index in [-0.39, 0.29) is 5.41 Å². The van der Waals surface area contributed by atoms with Gasteiger partial charge in [-0.25, -0.2) is 0 Å². The molecule has 0 bridgehead atoms. The van der Waals surface area contributed by atoms with Gasteiger partial charge in [-0.1, -0.05) is 110 Å². The molecule has 2 nitrogen and oxygen atoms in total. The van der Waals surface area contributed by atoms with Gasteiger partial charge in [-0.05, 0) is 60.6 Å². The van der Waals surface area contributed by atoms with Crippen LogP contribution in [0.15, 0.2) is 48.5 Å². The average molecular weight is 467 g/mol. The number of ether oxygens (including phenoxy) is 2. The molecule has 0 radical (unpaired) electrons. The Morgan fingerprint density at radius 1 is 0.588 bits per heavy atom. The molecule has 0 heterocycles. The van der Waals surface area contributed by atoms with Gasteiger partial charge < -0.3 is 9.47 Å². The number of benzene rings is 2. The van der Waals surface area contributed by atoms with Gasteiger partial charge in [0.2, 0.25) is 0 Å². The summed E-state index contributed by atoms with van der Waals surface area (Å²) in [6.45, 7) is 13.1. The van der Waals surface area contributed by atoms with E-state index in [2.05, 4.69) is 83.1 Å². The molecule has 0 aliphatic carbocycles. The molecule has 0 aromatic heterocycles. The molecule has 2 aromatic carbocycles. The summed E-state index contributed by atoms with van der Waals surface area (Å²) in [5, 5.41) is 0. The highest BCUT2D eigenvalue weighted by atomic mass is 16.5. The van der Waals surface area contributed by atoms with E-state index in [1.165, 1.54) is 62.5 Å². The second kappa shape index (κ2) is 15.8. The molecule has 0 aliphatic rings. The predicted octanol–water partition coefficient (Wildman–Crippen LogP) is 9.74. The first kappa shape index (κ1) is 28.3. The van der Waals surface area contributed by atoms with Crippen LogP contribution in [0.4, 0.5) is 0 Å². The first-order valence-corrected chi connectivity index (χ1v) is 14.0. The van der Waals surface area contributed by atoms with Gasteiger partial charge in [-0.2, -0.15) is 0 Å². The second-order valence-electron chi connectivity index (χ2n) is 10.5. The minimum atomic E-state index is -0.0362. The molecule has 0 saturated carbocycles. The molecule has 2 heteroatoms. The smallest absolute Gasteiger partial charge is 0.119 e. The van der Waals surface area contributed by atoms with Gasteiger partial charge in [0.25, 0.3) is 0 Å². The molecular formula is C32H50O2. The Balaban J connectivity index is 1.98. The van der Waals surface area contributed by atoms with E-state index < -0.39 is 0 Å². The van der Waals surface area contributed by atoms with Gasteiger partial charge in [0.05, 0.1) is 13.2 Å². The van der Waals surface area contributed by atoms with Crippen molar-refractivity contribution < 1.29 is 9.47 Å². The van der Waals surface area contributed by atoms with E-state index >= 15 is 0 Å². The lowest BCUT2D eigenvalue weighted by atomic mass is 9.71. The summed E-state index contributed by atoms with van der Waals surface area (Å²) < 4.78 is 12.0. The van der Waals surface area contributed by atoms with E-state index in [1.807, 2.05) is 0 Å². The first-order chi connectivity index (χ1) is 16.5. The standard InChI is InChI=1S/C32H50O2/c1-6-8-10-12-14-24-33-30-20-16-28(17-21-30)32(5,26-27(3)4)29-18-22-31(23-19-29)34-25-15-13-11-9-7-2/h16-23,27H,6-15,24-26H2,1-5H3. The van der Waals surface area contributed by atoms with Crippen LogP contribution in [0.1, 0.15) is 116 Å². The molecule has 0 amide bonds. The summed E-state index contributed by atoms with van der Waals surface area (Å²) in [6, 6.07) is 17.6. The number of rotatable bonds is 18. The van der Waals surface area contributed by atoms with Crippen molar-refractivity contribution in [1.82, 2.24) is 0 Å². The molecule has 0 spiro atoms. The number of hydrogen-bond acceptors (Lipinski definition) is 2. The molecule has 0 saturated heterocycles. The van der Waals surface area contributed by atoms with Crippen LogP contribution in [0.5, 0.6) is 11.5 Å². The fraction of sp³-hybridized carbons (Fsp3) is 0.625. The molecule has 0 N–H and O–H groups in total. The molecule has 2 aromatic rings. The van der Waals surface area contributed by atoms with Crippen LogP contribution in [0.25, 0.3) is 0 Å². The average Bonchev–Trinajstić information content (AvgIpc) is 2.84. The van der Waals surface area contributed by atoms with Crippen molar-refractivity contribution >= 4 is 0 Å². The summed E-state index contributed by atoms with van der Waals surface area (Å²) in [6.07, 6.45) is 13.8. The Morgan fingerprint density at radius 2 is 0.971 bits per heavy atom. The Bertz CT molecular complexity index is 701. The topological polar surface area (TPSA) is 18.5 Å². The zero-order chi connectivity index (χ0) is 24.7. The zero-order valence-electron chi connectivity index (χ0n) is 22.7. The lowest BCUT2D eigenvalue weighted by Crippen LogP contribution is -2.25. The van der Waals surface area contributed by atoms with E-state index in [0.29, 0.717) is 5.92 Å². The Morgan fingerprint density at radius 3 is 1.32 bits per heavy atom. The van der Waals surface area contributed by atoms with Crippen LogP contribution in [-0.4, -0.2) is 13.2 Å². The third-order valence-corrected chi connectivity index (χ3v) is 6.83. The molecule has 2 rings (SSSR count). The fourth-order valence-electron chi connectivity index (χ4n) is 4.85. The third kappa shape index (κ3) is 9.72. The summed E-state index contributed by atoms with van der Waals surface area (Å²) in [5.41, 5.74) is 2.66. The molecule has 0 atom stereocenters. The second-order valence-corrected chi connectivity index (χ2v) is 10.5. The van der Waals surface area contributed by atoms with Gasteiger partial charge in [-0.3, -0.25) is 0 Å². The van der Waals surface area contributed by atoms with Crippen molar-refractivity contribution in [1.29, 1.82) is 0 Å². The highest BCUT2D eigenvalue weighted by molar-refractivity contribution is 5.42. The van der Waals surface area contributed by atoms with Crippen LogP contribution in [-0.2, 0) is 5.41 Å². The van der Waals surface area contributed by atoms with E-state index in [0.717, 1.165) is 44.0 Å². The van der Waals surface area contributed by atoms with Gasteiger partial charge in [0.15, 0.2) is 0 Å². The normalized spacial score (nSPS) is 11.7. The minimum absolute atomic E-state index is 0.0362. The fourth-order valence-corrected chi connectivity index (χ4v) is 4.85. The number of unbranched alkanes of at least 4 members (excludes halogenated alkanes) is 8. The SMILES string of the molecule is CCCCCCCOc1ccc(C(C)(CC(C)C)c2ccc(OCCCCCCC)cc2)cc1. The first-order valence-electron chi connectivity index (χ1n) is 14.0. The molecule has 0 fully saturated rings. The van der Waals surface area contributed by atoms with Gasteiger partial charge >= 0.3 is 0 Å².